The van der Waals surface area contributed by atoms with Crippen molar-refractivity contribution in [2.24, 2.45) is 0 Å². The molecule has 90 valence electrons. The summed E-state index contributed by atoms with van der Waals surface area (Å²) in [6, 6.07) is 0.652. The molecule has 1 atom stereocenters. The molecule has 1 unspecified atom stereocenters. The first-order valence-corrected chi connectivity index (χ1v) is 6.30. The van der Waals surface area contributed by atoms with Gasteiger partial charge in [0.25, 0.3) is 0 Å². The van der Waals surface area contributed by atoms with Crippen LogP contribution in [0.1, 0.15) is 33.6 Å². The van der Waals surface area contributed by atoms with E-state index in [1.165, 1.54) is 12.8 Å². The van der Waals surface area contributed by atoms with Crippen molar-refractivity contribution in [1.29, 1.82) is 0 Å². The molecule has 1 aliphatic rings. The van der Waals surface area contributed by atoms with E-state index in [0.29, 0.717) is 12.1 Å². The predicted molar refractivity (Wildman–Crippen MR) is 64.2 cm³/mol. The molecule has 1 fully saturated rings. The van der Waals surface area contributed by atoms with E-state index in [-0.39, 0.29) is 0 Å². The maximum atomic E-state index is 5.56. The third-order valence-corrected chi connectivity index (χ3v) is 3.11. The van der Waals surface area contributed by atoms with Crippen molar-refractivity contribution in [3.05, 3.63) is 0 Å². The highest BCUT2D eigenvalue weighted by Crippen LogP contribution is 2.10. The van der Waals surface area contributed by atoms with Gasteiger partial charge in [0.15, 0.2) is 0 Å². The largest absolute Gasteiger partial charge is 0.377 e. The van der Waals surface area contributed by atoms with E-state index < -0.39 is 0 Å². The lowest BCUT2D eigenvalue weighted by Crippen LogP contribution is -2.38. The van der Waals surface area contributed by atoms with Crippen molar-refractivity contribution >= 4 is 0 Å². The summed E-state index contributed by atoms with van der Waals surface area (Å²) in [6.45, 7) is 12.1. The summed E-state index contributed by atoms with van der Waals surface area (Å²) in [6.07, 6.45) is 2.94. The Morgan fingerprint density at radius 1 is 1.47 bits per heavy atom. The summed E-state index contributed by atoms with van der Waals surface area (Å²) < 4.78 is 5.56. The lowest BCUT2D eigenvalue weighted by atomic mass is 10.2. The van der Waals surface area contributed by atoms with Crippen molar-refractivity contribution in [1.82, 2.24) is 10.2 Å². The molecular formula is C12H26N2O. The monoisotopic (exact) mass is 214 g/mol. The van der Waals surface area contributed by atoms with Gasteiger partial charge in [0, 0.05) is 32.3 Å². The number of hydrogen-bond donors (Lipinski definition) is 1. The summed E-state index contributed by atoms with van der Waals surface area (Å²) in [5.74, 6) is 0. The lowest BCUT2D eigenvalue weighted by Gasteiger charge is -2.25. The molecular weight excluding hydrogens is 188 g/mol. The zero-order valence-electron chi connectivity index (χ0n) is 10.5. The molecule has 0 aromatic rings. The van der Waals surface area contributed by atoms with Crippen LogP contribution in [-0.4, -0.2) is 49.8 Å². The average Bonchev–Trinajstić information content (AvgIpc) is 2.70. The van der Waals surface area contributed by atoms with Crippen LogP contribution in [0.2, 0.25) is 0 Å². The van der Waals surface area contributed by atoms with Crippen molar-refractivity contribution in [2.75, 3.05) is 32.8 Å². The number of hydrogen-bond acceptors (Lipinski definition) is 3. The number of likely N-dealkylation sites (N-methyl/N-ethyl adjacent to an activating group) is 1. The Labute approximate surface area is 94.2 Å². The molecule has 1 heterocycles. The van der Waals surface area contributed by atoms with Crippen molar-refractivity contribution in [3.8, 4) is 0 Å². The zero-order valence-corrected chi connectivity index (χ0v) is 10.5. The Morgan fingerprint density at radius 2 is 2.27 bits per heavy atom. The van der Waals surface area contributed by atoms with Crippen molar-refractivity contribution in [3.63, 3.8) is 0 Å². The zero-order chi connectivity index (χ0) is 11.1. The molecule has 1 saturated heterocycles. The molecule has 1 N–H and O–H groups in total. The molecule has 15 heavy (non-hydrogen) atoms. The molecule has 0 saturated carbocycles. The highest BCUT2D eigenvalue weighted by molar-refractivity contribution is 4.68. The highest BCUT2D eigenvalue weighted by Gasteiger charge is 2.14. The molecule has 3 heteroatoms. The summed E-state index contributed by atoms with van der Waals surface area (Å²) in [5, 5.41) is 3.48. The van der Waals surface area contributed by atoms with Crippen LogP contribution in [-0.2, 0) is 4.74 Å². The average molecular weight is 214 g/mol. The number of nitrogens with zero attached hydrogens (tertiary/aromatic N) is 1. The summed E-state index contributed by atoms with van der Waals surface area (Å²) in [5.41, 5.74) is 0. The van der Waals surface area contributed by atoms with Crippen LogP contribution in [0.25, 0.3) is 0 Å². The van der Waals surface area contributed by atoms with E-state index in [0.717, 1.165) is 32.8 Å². The van der Waals surface area contributed by atoms with Crippen LogP contribution in [0.5, 0.6) is 0 Å². The third-order valence-electron chi connectivity index (χ3n) is 3.11. The van der Waals surface area contributed by atoms with Gasteiger partial charge in [-0.05, 0) is 33.2 Å². The number of ether oxygens (including phenoxy) is 1. The van der Waals surface area contributed by atoms with E-state index >= 15 is 0 Å². The second kappa shape index (κ2) is 7.20. The van der Waals surface area contributed by atoms with E-state index in [4.69, 9.17) is 4.74 Å². The van der Waals surface area contributed by atoms with Gasteiger partial charge >= 0.3 is 0 Å². The molecule has 0 aromatic heterocycles. The minimum absolute atomic E-state index is 0.471. The van der Waals surface area contributed by atoms with Gasteiger partial charge in [0.2, 0.25) is 0 Å². The molecule has 3 nitrogen and oxygen atoms in total. The molecule has 0 radical (unpaired) electrons. The first-order valence-electron chi connectivity index (χ1n) is 6.30. The van der Waals surface area contributed by atoms with E-state index in [9.17, 15) is 0 Å². The Hall–Kier alpha value is -0.120. The van der Waals surface area contributed by atoms with E-state index in [2.05, 4.69) is 31.0 Å². The highest BCUT2D eigenvalue weighted by atomic mass is 16.5. The second-order valence-electron chi connectivity index (χ2n) is 4.56. The quantitative estimate of drug-likeness (QED) is 0.650. The van der Waals surface area contributed by atoms with Gasteiger partial charge in [-0.15, -0.1) is 0 Å². The fraction of sp³-hybridized carbons (Fsp3) is 1.00. The van der Waals surface area contributed by atoms with Crippen molar-refractivity contribution in [2.45, 2.75) is 45.8 Å². The molecule has 1 rings (SSSR count). The van der Waals surface area contributed by atoms with Gasteiger partial charge in [-0.3, -0.25) is 4.90 Å². The number of nitrogens with one attached hydrogen (secondary N) is 1. The molecule has 0 spiro atoms. The topological polar surface area (TPSA) is 24.5 Å². The fourth-order valence-corrected chi connectivity index (χ4v) is 2.07. The smallest absolute Gasteiger partial charge is 0.0700 e. The summed E-state index contributed by atoms with van der Waals surface area (Å²) >= 11 is 0. The molecule has 0 bridgehead atoms. The normalized spacial score (nSPS) is 21.8. The van der Waals surface area contributed by atoms with Gasteiger partial charge in [-0.25, -0.2) is 0 Å². The molecule has 0 aromatic carbocycles. The van der Waals surface area contributed by atoms with Crippen molar-refractivity contribution < 1.29 is 4.74 Å². The van der Waals surface area contributed by atoms with Gasteiger partial charge in [-0.2, -0.15) is 0 Å². The molecule has 0 aliphatic carbocycles. The van der Waals surface area contributed by atoms with Crippen LogP contribution in [0.15, 0.2) is 0 Å². The Balaban J connectivity index is 1.99. The molecule has 1 aliphatic heterocycles. The fourth-order valence-electron chi connectivity index (χ4n) is 2.07. The standard InChI is InChI=1S/C12H26N2O/c1-4-14(11(2)3)8-7-13-10-12-6-5-9-15-12/h11-13H,4-10H2,1-3H3. The van der Waals surface area contributed by atoms with Crippen LogP contribution >= 0.6 is 0 Å². The molecule has 0 amide bonds. The van der Waals surface area contributed by atoms with Gasteiger partial charge in [-0.1, -0.05) is 6.92 Å². The first kappa shape index (κ1) is 12.9. The second-order valence-corrected chi connectivity index (χ2v) is 4.56. The van der Waals surface area contributed by atoms with E-state index in [1.807, 2.05) is 0 Å². The SMILES string of the molecule is CCN(CCNCC1CCCO1)C(C)C. The van der Waals surface area contributed by atoms with Gasteiger partial charge < -0.3 is 10.1 Å². The minimum Gasteiger partial charge on any atom is -0.377 e. The lowest BCUT2D eigenvalue weighted by molar-refractivity contribution is 0.109. The predicted octanol–water partition coefficient (Wildman–Crippen LogP) is 1.49. The van der Waals surface area contributed by atoms with Crippen LogP contribution in [0.3, 0.4) is 0 Å². The van der Waals surface area contributed by atoms with Crippen LogP contribution in [0.4, 0.5) is 0 Å². The van der Waals surface area contributed by atoms with E-state index in [1.54, 1.807) is 0 Å². The summed E-state index contributed by atoms with van der Waals surface area (Å²) in [7, 11) is 0. The van der Waals surface area contributed by atoms with Gasteiger partial charge in [0.1, 0.15) is 0 Å². The third kappa shape index (κ3) is 4.96. The van der Waals surface area contributed by atoms with Gasteiger partial charge in [0.05, 0.1) is 6.10 Å². The van der Waals surface area contributed by atoms with Crippen LogP contribution in [0, 0.1) is 0 Å². The first-order chi connectivity index (χ1) is 7.24. The Bertz CT molecular complexity index is 156. The Kier molecular flexibility index (Phi) is 6.22. The summed E-state index contributed by atoms with van der Waals surface area (Å²) in [4.78, 5) is 2.47. The maximum absolute atomic E-state index is 5.56. The Morgan fingerprint density at radius 3 is 2.80 bits per heavy atom. The number of rotatable bonds is 7. The van der Waals surface area contributed by atoms with Crippen LogP contribution < -0.4 is 5.32 Å². The maximum Gasteiger partial charge on any atom is 0.0700 e. The minimum atomic E-state index is 0.471.